The molecule has 1 aliphatic rings. The molecule has 0 saturated carbocycles. The van der Waals surface area contributed by atoms with Gasteiger partial charge >= 0.3 is 0 Å². The molecule has 3 heteroatoms. The fourth-order valence-electron chi connectivity index (χ4n) is 3.00. The van der Waals surface area contributed by atoms with Crippen LogP contribution in [0.25, 0.3) is 0 Å². The lowest BCUT2D eigenvalue weighted by Gasteiger charge is -2.36. The molecule has 0 N–H and O–H groups in total. The highest BCUT2D eigenvalue weighted by Gasteiger charge is 2.53. The molecule has 1 heterocycles. The van der Waals surface area contributed by atoms with Crippen molar-refractivity contribution in [2.45, 2.75) is 64.8 Å². The number of rotatable bonds is 5. The lowest BCUT2D eigenvalue weighted by atomic mass is 9.89. The van der Waals surface area contributed by atoms with Gasteiger partial charge in [0.05, 0.1) is 12.7 Å². The highest BCUT2D eigenvalue weighted by molar-refractivity contribution is 5.15. The van der Waals surface area contributed by atoms with E-state index in [1.807, 2.05) is 52.8 Å². The predicted octanol–water partition coefficient (Wildman–Crippen LogP) is 4.08. The Morgan fingerprint density at radius 3 is 2.38 bits per heavy atom. The summed E-state index contributed by atoms with van der Waals surface area (Å²) in [6.07, 6.45) is -0.278. The molecule has 0 aliphatic carbocycles. The molecule has 1 aromatic carbocycles. The maximum absolute atomic E-state index is 6.15. The van der Waals surface area contributed by atoms with Gasteiger partial charge in [0.15, 0.2) is 5.79 Å². The zero-order valence-corrected chi connectivity index (χ0v) is 13.7. The van der Waals surface area contributed by atoms with Crippen molar-refractivity contribution in [3.63, 3.8) is 0 Å². The van der Waals surface area contributed by atoms with Crippen molar-refractivity contribution in [3.05, 3.63) is 48.0 Å². The minimum atomic E-state index is -0.599. The molecule has 3 atom stereocenters. The third-order valence-corrected chi connectivity index (χ3v) is 3.96. The van der Waals surface area contributed by atoms with E-state index in [2.05, 4.69) is 18.7 Å². The Balaban J connectivity index is 2.14. The minimum absolute atomic E-state index is 0.0648. The number of hydrogen-bond acceptors (Lipinski definition) is 3. The molecule has 2 rings (SSSR count). The Morgan fingerprint density at radius 2 is 1.90 bits per heavy atom. The van der Waals surface area contributed by atoms with Gasteiger partial charge in [-0.25, -0.2) is 0 Å². The molecule has 0 bridgehead atoms. The van der Waals surface area contributed by atoms with Gasteiger partial charge in [-0.2, -0.15) is 0 Å². The minimum Gasteiger partial charge on any atom is -0.366 e. The van der Waals surface area contributed by atoms with E-state index in [9.17, 15) is 0 Å². The van der Waals surface area contributed by atoms with E-state index >= 15 is 0 Å². The first kappa shape index (κ1) is 16.2. The fraction of sp³-hybridized carbons (Fsp3) is 0.556. The zero-order chi connectivity index (χ0) is 15.7. The second kappa shape index (κ2) is 5.91. The summed E-state index contributed by atoms with van der Waals surface area (Å²) < 4.78 is 18.2. The molecule has 3 nitrogen and oxygen atoms in total. The van der Waals surface area contributed by atoms with Crippen LogP contribution >= 0.6 is 0 Å². The van der Waals surface area contributed by atoms with Gasteiger partial charge in [0.1, 0.15) is 11.7 Å². The standard InChI is InChI=1S/C18H26O3/c1-13(2)16(19-12-15-10-8-7-9-11-15)18(6)14(3)20-17(4,5)21-18/h7-11,14,16H,1,12H2,2-6H3/t14-,16-,18+/m1/s1. The monoisotopic (exact) mass is 290 g/mol. The van der Waals surface area contributed by atoms with Crippen LogP contribution in [0.15, 0.2) is 42.5 Å². The second-order valence-electron chi connectivity index (χ2n) is 6.47. The number of ether oxygens (including phenoxy) is 3. The molecule has 0 amide bonds. The smallest absolute Gasteiger partial charge is 0.164 e. The summed E-state index contributed by atoms with van der Waals surface area (Å²) >= 11 is 0. The van der Waals surface area contributed by atoms with Gasteiger partial charge in [0.2, 0.25) is 0 Å². The van der Waals surface area contributed by atoms with Crippen LogP contribution in [0.2, 0.25) is 0 Å². The van der Waals surface area contributed by atoms with Crippen molar-refractivity contribution < 1.29 is 14.2 Å². The van der Waals surface area contributed by atoms with E-state index in [4.69, 9.17) is 14.2 Å². The van der Waals surface area contributed by atoms with E-state index in [-0.39, 0.29) is 12.2 Å². The summed E-state index contributed by atoms with van der Waals surface area (Å²) in [4.78, 5) is 0. The Morgan fingerprint density at radius 1 is 1.29 bits per heavy atom. The highest BCUT2D eigenvalue weighted by atomic mass is 16.8. The van der Waals surface area contributed by atoms with Crippen molar-refractivity contribution in [1.29, 1.82) is 0 Å². The molecule has 0 radical (unpaired) electrons. The summed E-state index contributed by atoms with van der Waals surface area (Å²) in [7, 11) is 0. The SMILES string of the molecule is C=C(C)[C@@H](OCc1ccccc1)[C@@]1(C)OC(C)(C)O[C@@H]1C. The lowest BCUT2D eigenvalue weighted by molar-refractivity contribution is -0.182. The van der Waals surface area contributed by atoms with Crippen molar-refractivity contribution >= 4 is 0 Å². The van der Waals surface area contributed by atoms with Gasteiger partial charge in [0.25, 0.3) is 0 Å². The zero-order valence-electron chi connectivity index (χ0n) is 13.7. The van der Waals surface area contributed by atoms with Crippen LogP contribution in [-0.2, 0) is 20.8 Å². The Kier molecular flexibility index (Phi) is 4.57. The Labute approximate surface area is 127 Å². The predicted molar refractivity (Wildman–Crippen MR) is 83.9 cm³/mol. The van der Waals surface area contributed by atoms with E-state index in [0.29, 0.717) is 6.61 Å². The van der Waals surface area contributed by atoms with Crippen molar-refractivity contribution in [3.8, 4) is 0 Å². The molecule has 116 valence electrons. The summed E-state index contributed by atoms with van der Waals surface area (Å²) in [6.45, 7) is 14.5. The van der Waals surface area contributed by atoms with E-state index in [1.165, 1.54) is 0 Å². The van der Waals surface area contributed by atoms with Crippen LogP contribution in [0.1, 0.15) is 40.2 Å². The van der Waals surface area contributed by atoms with Crippen molar-refractivity contribution in [1.82, 2.24) is 0 Å². The molecular weight excluding hydrogens is 264 g/mol. The molecule has 0 unspecified atom stereocenters. The Bertz CT molecular complexity index is 494. The summed E-state index contributed by atoms with van der Waals surface area (Å²) in [5.74, 6) is -0.599. The third kappa shape index (κ3) is 3.54. The average molecular weight is 290 g/mol. The van der Waals surface area contributed by atoms with Crippen LogP contribution in [0.3, 0.4) is 0 Å². The van der Waals surface area contributed by atoms with Crippen LogP contribution in [-0.4, -0.2) is 23.6 Å². The Hall–Kier alpha value is -1.16. The van der Waals surface area contributed by atoms with Crippen LogP contribution in [0, 0.1) is 0 Å². The van der Waals surface area contributed by atoms with E-state index in [1.54, 1.807) is 0 Å². The van der Waals surface area contributed by atoms with Crippen molar-refractivity contribution in [2.24, 2.45) is 0 Å². The van der Waals surface area contributed by atoms with Gasteiger partial charge in [-0.15, -0.1) is 0 Å². The van der Waals surface area contributed by atoms with Crippen LogP contribution in [0.5, 0.6) is 0 Å². The first-order chi connectivity index (χ1) is 9.74. The fourth-order valence-corrected chi connectivity index (χ4v) is 3.00. The lowest BCUT2D eigenvalue weighted by Crippen LogP contribution is -2.49. The molecule has 0 spiro atoms. The largest absolute Gasteiger partial charge is 0.366 e. The van der Waals surface area contributed by atoms with Gasteiger partial charge in [0, 0.05) is 0 Å². The third-order valence-electron chi connectivity index (χ3n) is 3.96. The molecule has 1 aliphatic heterocycles. The van der Waals surface area contributed by atoms with Gasteiger partial charge in [-0.1, -0.05) is 36.9 Å². The molecule has 21 heavy (non-hydrogen) atoms. The average Bonchev–Trinajstić information content (AvgIpc) is 2.59. The highest BCUT2D eigenvalue weighted by Crippen LogP contribution is 2.41. The van der Waals surface area contributed by atoms with Gasteiger partial charge in [-0.05, 0) is 45.8 Å². The molecule has 1 fully saturated rings. The first-order valence-electron chi connectivity index (χ1n) is 7.43. The maximum atomic E-state index is 6.15. The van der Waals surface area contributed by atoms with E-state index < -0.39 is 11.4 Å². The molecule has 0 aromatic heterocycles. The van der Waals surface area contributed by atoms with Crippen molar-refractivity contribution in [2.75, 3.05) is 0 Å². The summed E-state index contributed by atoms with van der Waals surface area (Å²) in [6, 6.07) is 10.1. The molecular formula is C18H26O3. The van der Waals surface area contributed by atoms with Gasteiger partial charge < -0.3 is 14.2 Å². The number of hydrogen-bond donors (Lipinski definition) is 0. The topological polar surface area (TPSA) is 27.7 Å². The van der Waals surface area contributed by atoms with Crippen LogP contribution < -0.4 is 0 Å². The normalized spacial score (nSPS) is 29.3. The quantitative estimate of drug-likeness (QED) is 0.765. The number of benzene rings is 1. The summed E-state index contributed by atoms with van der Waals surface area (Å²) in [5, 5.41) is 0. The first-order valence-corrected chi connectivity index (χ1v) is 7.43. The van der Waals surface area contributed by atoms with Crippen LogP contribution in [0.4, 0.5) is 0 Å². The maximum Gasteiger partial charge on any atom is 0.164 e. The van der Waals surface area contributed by atoms with Gasteiger partial charge in [-0.3, -0.25) is 0 Å². The molecule has 1 saturated heterocycles. The van der Waals surface area contributed by atoms with E-state index in [0.717, 1.165) is 11.1 Å². The second-order valence-corrected chi connectivity index (χ2v) is 6.47. The summed E-state index contributed by atoms with van der Waals surface area (Å²) in [5.41, 5.74) is 1.55. The molecule has 1 aromatic rings.